The van der Waals surface area contributed by atoms with Crippen molar-refractivity contribution < 1.29 is 4.79 Å². The Balaban J connectivity index is 1.48. The summed E-state index contributed by atoms with van der Waals surface area (Å²) in [6, 6.07) is 5.99. The van der Waals surface area contributed by atoms with Gasteiger partial charge in [-0.3, -0.25) is 4.79 Å². The summed E-state index contributed by atoms with van der Waals surface area (Å²) >= 11 is 0. The Labute approximate surface area is 151 Å². The molecule has 0 unspecified atom stereocenters. The quantitative estimate of drug-likeness (QED) is 0.786. The van der Waals surface area contributed by atoms with Crippen LogP contribution in [-0.4, -0.2) is 25.4 Å². The van der Waals surface area contributed by atoms with Crippen LogP contribution in [0.3, 0.4) is 0 Å². The maximum absolute atomic E-state index is 11.6. The summed E-state index contributed by atoms with van der Waals surface area (Å²) in [7, 11) is 0. The van der Waals surface area contributed by atoms with Gasteiger partial charge in [-0.2, -0.15) is 0 Å². The van der Waals surface area contributed by atoms with Crippen molar-refractivity contribution in [1.82, 2.24) is 19.5 Å². The Morgan fingerprint density at radius 1 is 1.15 bits per heavy atom. The third-order valence-electron chi connectivity index (χ3n) is 5.54. The fraction of sp³-hybridized carbons (Fsp3) is 0.400. The van der Waals surface area contributed by atoms with Gasteiger partial charge in [0.2, 0.25) is 5.91 Å². The van der Waals surface area contributed by atoms with Gasteiger partial charge in [0, 0.05) is 17.8 Å². The Kier molecular flexibility index (Phi) is 3.69. The molecule has 0 bridgehead atoms. The first kappa shape index (κ1) is 15.5. The van der Waals surface area contributed by atoms with E-state index in [1.807, 2.05) is 24.5 Å². The number of amides is 1. The Morgan fingerprint density at radius 3 is 2.92 bits per heavy atom. The third kappa shape index (κ3) is 2.75. The van der Waals surface area contributed by atoms with E-state index in [0.717, 1.165) is 34.7 Å². The molecule has 6 heteroatoms. The SMILES string of the molecule is O=C1Cc2ccc(-c3cnc4ncn(CC5CCCCC5)c4n3)cc2N1. The molecule has 5 rings (SSSR count). The highest BCUT2D eigenvalue weighted by Gasteiger charge is 2.19. The summed E-state index contributed by atoms with van der Waals surface area (Å²) in [6.45, 7) is 0.967. The van der Waals surface area contributed by atoms with Gasteiger partial charge in [0.15, 0.2) is 11.3 Å². The molecule has 2 aliphatic rings. The molecular formula is C20H21N5O. The molecule has 0 radical (unpaired) electrons. The molecule has 26 heavy (non-hydrogen) atoms. The molecule has 0 spiro atoms. The Hall–Kier alpha value is -2.76. The van der Waals surface area contributed by atoms with Gasteiger partial charge in [0.05, 0.1) is 24.6 Å². The van der Waals surface area contributed by atoms with E-state index < -0.39 is 0 Å². The normalized spacial score (nSPS) is 17.5. The maximum Gasteiger partial charge on any atom is 0.228 e. The monoisotopic (exact) mass is 347 g/mol. The molecule has 1 N–H and O–H groups in total. The van der Waals surface area contributed by atoms with Crippen molar-refractivity contribution in [1.29, 1.82) is 0 Å². The first-order valence-electron chi connectivity index (χ1n) is 9.37. The van der Waals surface area contributed by atoms with Crippen molar-refractivity contribution >= 4 is 22.9 Å². The largest absolute Gasteiger partial charge is 0.326 e. The lowest BCUT2D eigenvalue weighted by Crippen LogP contribution is -2.14. The van der Waals surface area contributed by atoms with E-state index in [1.54, 1.807) is 6.20 Å². The molecule has 6 nitrogen and oxygen atoms in total. The lowest BCUT2D eigenvalue weighted by molar-refractivity contribution is -0.115. The fourth-order valence-electron chi connectivity index (χ4n) is 4.13. The summed E-state index contributed by atoms with van der Waals surface area (Å²) in [4.78, 5) is 25.3. The number of benzene rings is 1. The van der Waals surface area contributed by atoms with Crippen molar-refractivity contribution in [2.45, 2.75) is 45.1 Å². The highest BCUT2D eigenvalue weighted by atomic mass is 16.1. The van der Waals surface area contributed by atoms with Crippen molar-refractivity contribution in [2.75, 3.05) is 5.32 Å². The highest BCUT2D eigenvalue weighted by molar-refractivity contribution is 5.99. The van der Waals surface area contributed by atoms with Gasteiger partial charge < -0.3 is 9.88 Å². The smallest absolute Gasteiger partial charge is 0.228 e. The number of aromatic nitrogens is 4. The molecule has 0 atom stereocenters. The molecular weight excluding hydrogens is 326 g/mol. The van der Waals surface area contributed by atoms with Crippen LogP contribution in [-0.2, 0) is 17.8 Å². The summed E-state index contributed by atoms with van der Waals surface area (Å²) in [5.74, 6) is 0.756. The van der Waals surface area contributed by atoms with E-state index in [2.05, 4.69) is 19.9 Å². The lowest BCUT2D eigenvalue weighted by atomic mass is 9.89. The number of nitrogens with zero attached hydrogens (tertiary/aromatic N) is 4. The van der Waals surface area contributed by atoms with Gasteiger partial charge in [-0.15, -0.1) is 0 Å². The van der Waals surface area contributed by atoms with Gasteiger partial charge in [-0.1, -0.05) is 31.4 Å². The zero-order valence-electron chi connectivity index (χ0n) is 14.6. The molecule has 3 heterocycles. The van der Waals surface area contributed by atoms with E-state index in [9.17, 15) is 4.79 Å². The van der Waals surface area contributed by atoms with E-state index in [4.69, 9.17) is 4.98 Å². The van der Waals surface area contributed by atoms with E-state index in [0.29, 0.717) is 18.0 Å². The fourth-order valence-corrected chi connectivity index (χ4v) is 4.13. The van der Waals surface area contributed by atoms with Crippen LogP contribution < -0.4 is 5.32 Å². The molecule has 1 aromatic carbocycles. The van der Waals surface area contributed by atoms with E-state index >= 15 is 0 Å². The number of hydrogen-bond donors (Lipinski definition) is 1. The zero-order chi connectivity index (χ0) is 17.5. The van der Waals surface area contributed by atoms with Crippen LogP contribution >= 0.6 is 0 Å². The molecule has 1 fully saturated rings. The predicted octanol–water partition coefficient (Wildman–Crippen LogP) is 3.57. The van der Waals surface area contributed by atoms with Crippen molar-refractivity contribution in [3.8, 4) is 11.3 Å². The van der Waals surface area contributed by atoms with Gasteiger partial charge in [-0.05, 0) is 30.4 Å². The van der Waals surface area contributed by atoms with Gasteiger partial charge in [0.1, 0.15) is 0 Å². The minimum atomic E-state index is 0.0456. The average Bonchev–Trinajstić information content (AvgIpc) is 3.24. The maximum atomic E-state index is 11.6. The van der Waals surface area contributed by atoms with Crippen LogP contribution in [0.15, 0.2) is 30.7 Å². The Morgan fingerprint density at radius 2 is 2.04 bits per heavy atom. The highest BCUT2D eigenvalue weighted by Crippen LogP contribution is 2.29. The molecule has 1 aliphatic carbocycles. The summed E-state index contributed by atoms with van der Waals surface area (Å²) in [5.41, 5.74) is 5.23. The van der Waals surface area contributed by atoms with Crippen molar-refractivity contribution in [3.63, 3.8) is 0 Å². The lowest BCUT2D eigenvalue weighted by Gasteiger charge is -2.21. The first-order chi connectivity index (χ1) is 12.8. The summed E-state index contributed by atoms with van der Waals surface area (Å²) < 4.78 is 2.15. The minimum absolute atomic E-state index is 0.0456. The number of imidazole rings is 1. The number of carbonyl (C=O) groups is 1. The van der Waals surface area contributed by atoms with Gasteiger partial charge in [0.25, 0.3) is 0 Å². The average molecular weight is 347 g/mol. The van der Waals surface area contributed by atoms with Gasteiger partial charge in [-0.25, -0.2) is 15.0 Å². The molecule has 132 valence electrons. The molecule has 0 saturated heterocycles. The second kappa shape index (κ2) is 6.20. The van der Waals surface area contributed by atoms with Crippen LogP contribution in [0.5, 0.6) is 0 Å². The van der Waals surface area contributed by atoms with Crippen LogP contribution in [0, 0.1) is 5.92 Å². The number of nitrogens with one attached hydrogen (secondary N) is 1. The van der Waals surface area contributed by atoms with Crippen LogP contribution in [0.4, 0.5) is 5.69 Å². The topological polar surface area (TPSA) is 72.7 Å². The summed E-state index contributed by atoms with van der Waals surface area (Å²) in [6.07, 6.45) is 10.7. The predicted molar refractivity (Wildman–Crippen MR) is 99.7 cm³/mol. The second-order valence-electron chi connectivity index (χ2n) is 7.40. The number of rotatable bonds is 3. The summed E-state index contributed by atoms with van der Waals surface area (Å²) in [5, 5.41) is 2.90. The molecule has 1 saturated carbocycles. The van der Waals surface area contributed by atoms with E-state index in [1.165, 1.54) is 32.1 Å². The number of fused-ring (bicyclic) bond motifs is 2. The molecule has 1 amide bonds. The third-order valence-corrected chi connectivity index (χ3v) is 5.54. The van der Waals surface area contributed by atoms with Crippen LogP contribution in [0.2, 0.25) is 0 Å². The van der Waals surface area contributed by atoms with Gasteiger partial charge >= 0.3 is 0 Å². The Bertz CT molecular complexity index is 987. The zero-order valence-corrected chi connectivity index (χ0v) is 14.6. The number of hydrogen-bond acceptors (Lipinski definition) is 4. The standard InChI is InChI=1S/C20H21N5O/c26-18-9-15-7-6-14(8-16(15)23-18)17-10-21-19-20(24-17)25(12-22-19)11-13-4-2-1-3-5-13/h6-8,10,12-13H,1-5,9,11H2,(H,23,26). The second-order valence-corrected chi connectivity index (χ2v) is 7.40. The van der Waals surface area contributed by atoms with E-state index in [-0.39, 0.29) is 5.91 Å². The van der Waals surface area contributed by atoms with Crippen LogP contribution in [0.1, 0.15) is 37.7 Å². The molecule has 2 aromatic heterocycles. The van der Waals surface area contributed by atoms with Crippen molar-refractivity contribution in [3.05, 3.63) is 36.3 Å². The molecule has 1 aliphatic heterocycles. The number of anilines is 1. The first-order valence-corrected chi connectivity index (χ1v) is 9.37. The molecule has 3 aromatic rings. The number of carbonyl (C=O) groups excluding carboxylic acids is 1. The minimum Gasteiger partial charge on any atom is -0.326 e. The van der Waals surface area contributed by atoms with Crippen LogP contribution in [0.25, 0.3) is 22.6 Å². The van der Waals surface area contributed by atoms with Crippen molar-refractivity contribution in [2.24, 2.45) is 5.92 Å².